The first-order chi connectivity index (χ1) is 15.9. The molecule has 2 heterocycles. The van der Waals surface area contributed by atoms with Crippen molar-refractivity contribution in [3.05, 3.63) is 76.1 Å². The molecule has 0 amide bonds. The lowest BCUT2D eigenvalue weighted by atomic mass is 9.84. The van der Waals surface area contributed by atoms with Gasteiger partial charge in [-0.05, 0) is 35.4 Å². The van der Waals surface area contributed by atoms with E-state index < -0.39 is 17.3 Å². The minimum absolute atomic E-state index is 0.0375. The second kappa shape index (κ2) is 7.59. The summed E-state index contributed by atoms with van der Waals surface area (Å²) in [7, 11) is 1.42. The van der Waals surface area contributed by atoms with E-state index in [1.54, 1.807) is 24.3 Å². The van der Waals surface area contributed by atoms with Crippen LogP contribution in [0.4, 0.5) is 0 Å². The van der Waals surface area contributed by atoms with Gasteiger partial charge in [-0.3, -0.25) is 9.59 Å². The van der Waals surface area contributed by atoms with Crippen LogP contribution in [-0.2, 0) is 4.79 Å². The van der Waals surface area contributed by atoms with Gasteiger partial charge in [-0.25, -0.2) is 0 Å². The summed E-state index contributed by atoms with van der Waals surface area (Å²) in [6.07, 6.45) is 1.24. The number of fused-ring (bicyclic) bond motifs is 3. The molecule has 0 aliphatic carbocycles. The molecule has 1 aromatic heterocycles. The Labute approximate surface area is 186 Å². The average Bonchev–Trinajstić information content (AvgIpc) is 2.79. The summed E-state index contributed by atoms with van der Waals surface area (Å²) >= 11 is 0. The summed E-state index contributed by atoms with van der Waals surface area (Å²) in [6.45, 7) is 0. The normalized spacial score (nSPS) is 15.2. The van der Waals surface area contributed by atoms with Gasteiger partial charge in [-0.1, -0.05) is 18.2 Å². The van der Waals surface area contributed by atoms with E-state index in [0.29, 0.717) is 16.7 Å². The number of ether oxygens (including phenoxy) is 2. The molecule has 5 rings (SSSR count). The zero-order valence-electron chi connectivity index (χ0n) is 17.4. The molecule has 33 heavy (non-hydrogen) atoms. The molecule has 1 atom stereocenters. The van der Waals surface area contributed by atoms with Crippen LogP contribution in [0.25, 0.3) is 22.1 Å². The third-order valence-electron chi connectivity index (χ3n) is 5.75. The quantitative estimate of drug-likeness (QED) is 0.318. The highest BCUT2D eigenvalue weighted by Crippen LogP contribution is 2.46. The van der Waals surface area contributed by atoms with E-state index in [2.05, 4.69) is 0 Å². The number of esters is 1. The highest BCUT2D eigenvalue weighted by Gasteiger charge is 2.34. The molecule has 0 saturated carbocycles. The van der Waals surface area contributed by atoms with Gasteiger partial charge in [0.05, 0.1) is 19.1 Å². The van der Waals surface area contributed by atoms with Gasteiger partial charge in [0, 0.05) is 17.5 Å². The van der Waals surface area contributed by atoms with Crippen molar-refractivity contribution >= 4 is 16.9 Å². The summed E-state index contributed by atoms with van der Waals surface area (Å²) in [5.74, 6) is -1.14. The van der Waals surface area contributed by atoms with Crippen LogP contribution < -0.4 is 14.9 Å². The second-order valence-electron chi connectivity index (χ2n) is 7.70. The molecule has 3 N–H and O–H groups in total. The van der Waals surface area contributed by atoms with Crippen LogP contribution in [0.5, 0.6) is 28.7 Å². The fourth-order valence-electron chi connectivity index (χ4n) is 4.17. The third kappa shape index (κ3) is 3.32. The van der Waals surface area contributed by atoms with Crippen molar-refractivity contribution < 1.29 is 34.0 Å². The van der Waals surface area contributed by atoms with Crippen molar-refractivity contribution in [2.24, 2.45) is 0 Å². The number of aromatic hydroxyl groups is 3. The predicted octanol–water partition coefficient (Wildman–Crippen LogP) is 4.03. The number of carbonyl (C=O) groups is 1. The minimum Gasteiger partial charge on any atom is -0.508 e. The lowest BCUT2D eigenvalue weighted by Crippen LogP contribution is -2.22. The molecule has 8 heteroatoms. The van der Waals surface area contributed by atoms with E-state index in [1.807, 2.05) is 0 Å². The molecule has 8 nitrogen and oxygen atoms in total. The zero-order chi connectivity index (χ0) is 23.3. The summed E-state index contributed by atoms with van der Waals surface area (Å²) in [6, 6.07) is 12.0. The van der Waals surface area contributed by atoms with Crippen LogP contribution in [0.2, 0.25) is 0 Å². The Bertz CT molecular complexity index is 1470. The summed E-state index contributed by atoms with van der Waals surface area (Å²) < 4.78 is 16.4. The molecular weight excluding hydrogens is 428 g/mol. The first-order valence-corrected chi connectivity index (χ1v) is 10.1. The van der Waals surface area contributed by atoms with E-state index in [1.165, 1.54) is 37.6 Å². The molecule has 166 valence electrons. The Morgan fingerprint density at radius 2 is 1.73 bits per heavy atom. The van der Waals surface area contributed by atoms with E-state index in [9.17, 15) is 24.9 Å². The van der Waals surface area contributed by atoms with Crippen LogP contribution in [0.15, 0.2) is 64.0 Å². The second-order valence-corrected chi connectivity index (χ2v) is 7.70. The van der Waals surface area contributed by atoms with Gasteiger partial charge >= 0.3 is 5.97 Å². The number of phenolic OH excluding ortho intramolecular Hbond substituents is 3. The molecule has 0 fully saturated rings. The largest absolute Gasteiger partial charge is 0.508 e. The monoisotopic (exact) mass is 446 g/mol. The zero-order valence-corrected chi connectivity index (χ0v) is 17.4. The van der Waals surface area contributed by atoms with Gasteiger partial charge in [0.15, 0.2) is 11.5 Å². The molecule has 0 radical (unpaired) electrons. The molecule has 0 saturated heterocycles. The molecule has 4 aromatic rings. The van der Waals surface area contributed by atoms with E-state index in [-0.39, 0.29) is 51.7 Å². The van der Waals surface area contributed by atoms with Gasteiger partial charge in [0.1, 0.15) is 34.5 Å². The Balaban J connectivity index is 1.76. The number of methoxy groups -OCH3 is 1. The van der Waals surface area contributed by atoms with Gasteiger partial charge in [-0.15, -0.1) is 0 Å². The number of carbonyl (C=O) groups excluding carboxylic acids is 1. The average molecular weight is 446 g/mol. The number of rotatable bonds is 3. The first kappa shape index (κ1) is 20.4. The predicted molar refractivity (Wildman–Crippen MR) is 118 cm³/mol. The first-order valence-electron chi connectivity index (χ1n) is 10.1. The summed E-state index contributed by atoms with van der Waals surface area (Å²) in [5, 5.41) is 30.1. The standard InChI is InChI=1S/C25H18O8/c1-31-19-8-13(4-7-17(19)27)15-9-21(29)33-20-10-18(28)23-24(30)16(11-32-25(23)22(15)20)12-2-5-14(26)6-3-12/h2-8,10-11,15,26-28H,9H2,1H3. The van der Waals surface area contributed by atoms with E-state index in [0.717, 1.165) is 0 Å². The molecule has 0 bridgehead atoms. The van der Waals surface area contributed by atoms with Crippen molar-refractivity contribution in [3.63, 3.8) is 0 Å². The maximum atomic E-state index is 13.3. The van der Waals surface area contributed by atoms with Crippen LogP contribution in [0.1, 0.15) is 23.5 Å². The highest BCUT2D eigenvalue weighted by molar-refractivity contribution is 5.94. The Morgan fingerprint density at radius 3 is 2.45 bits per heavy atom. The van der Waals surface area contributed by atoms with Crippen molar-refractivity contribution in [3.8, 4) is 39.9 Å². The fourth-order valence-corrected chi connectivity index (χ4v) is 4.17. The number of hydrogen-bond acceptors (Lipinski definition) is 8. The Kier molecular flexibility index (Phi) is 4.70. The van der Waals surface area contributed by atoms with Crippen LogP contribution in [0.3, 0.4) is 0 Å². The SMILES string of the molecule is COc1cc(C2CC(=O)Oc3cc(O)c4c(=O)c(-c5ccc(O)cc5)coc4c32)ccc1O. The van der Waals surface area contributed by atoms with Crippen molar-refractivity contribution in [1.82, 2.24) is 0 Å². The lowest BCUT2D eigenvalue weighted by molar-refractivity contribution is -0.135. The number of benzene rings is 3. The van der Waals surface area contributed by atoms with Gasteiger partial charge in [0.2, 0.25) is 5.43 Å². The number of hydrogen-bond donors (Lipinski definition) is 3. The molecule has 1 aliphatic heterocycles. The molecule has 0 spiro atoms. The molecule has 1 unspecified atom stereocenters. The summed E-state index contributed by atoms with van der Waals surface area (Å²) in [4.78, 5) is 25.6. The van der Waals surface area contributed by atoms with Crippen LogP contribution in [0, 0.1) is 0 Å². The summed E-state index contributed by atoms with van der Waals surface area (Å²) in [5.41, 5.74) is 1.41. The van der Waals surface area contributed by atoms with Gasteiger partial charge in [-0.2, -0.15) is 0 Å². The van der Waals surface area contributed by atoms with Crippen LogP contribution >= 0.6 is 0 Å². The minimum atomic E-state index is -0.568. The topological polar surface area (TPSA) is 126 Å². The van der Waals surface area contributed by atoms with Gasteiger partial charge < -0.3 is 29.2 Å². The maximum Gasteiger partial charge on any atom is 0.312 e. The van der Waals surface area contributed by atoms with Crippen molar-refractivity contribution in [2.45, 2.75) is 12.3 Å². The molecular formula is C25H18O8. The molecule has 1 aliphatic rings. The smallest absolute Gasteiger partial charge is 0.312 e. The van der Waals surface area contributed by atoms with E-state index in [4.69, 9.17) is 13.9 Å². The van der Waals surface area contributed by atoms with Crippen molar-refractivity contribution in [1.29, 1.82) is 0 Å². The fraction of sp³-hybridized carbons (Fsp3) is 0.120. The third-order valence-corrected chi connectivity index (χ3v) is 5.75. The molecule has 3 aromatic carbocycles. The highest BCUT2D eigenvalue weighted by atomic mass is 16.5. The van der Waals surface area contributed by atoms with E-state index >= 15 is 0 Å². The van der Waals surface area contributed by atoms with Gasteiger partial charge in [0.25, 0.3) is 0 Å². The lowest BCUT2D eigenvalue weighted by Gasteiger charge is -2.26. The number of phenols is 3. The van der Waals surface area contributed by atoms with Crippen molar-refractivity contribution in [2.75, 3.05) is 7.11 Å². The Hall–Kier alpha value is -4.46. The van der Waals surface area contributed by atoms with Crippen LogP contribution in [-0.4, -0.2) is 28.4 Å². The Morgan fingerprint density at radius 1 is 0.970 bits per heavy atom. The maximum absolute atomic E-state index is 13.3.